The molecular formula is C10H9Br2ClN2O. The molecule has 1 aromatic heterocycles. The van der Waals surface area contributed by atoms with Crippen LogP contribution in [0.15, 0.2) is 16.7 Å². The first-order valence-electron chi connectivity index (χ1n) is 4.79. The molecule has 2 rings (SSSR count). The topological polar surface area (TPSA) is 33.2 Å². The van der Waals surface area contributed by atoms with Crippen LogP contribution in [-0.4, -0.2) is 22.8 Å². The van der Waals surface area contributed by atoms with Crippen LogP contribution in [0, 0.1) is 5.92 Å². The molecule has 16 heavy (non-hydrogen) atoms. The van der Waals surface area contributed by atoms with Crippen LogP contribution in [0.5, 0.6) is 0 Å². The Labute approximate surface area is 115 Å². The van der Waals surface area contributed by atoms with Crippen molar-refractivity contribution in [3.05, 3.63) is 21.8 Å². The SMILES string of the molecule is O=C1CC(CBr)CN1c1cc(Cl)c(Br)cn1. The number of hydrogen-bond donors (Lipinski definition) is 0. The van der Waals surface area contributed by atoms with Gasteiger partial charge in [0.1, 0.15) is 5.82 Å². The second kappa shape index (κ2) is 5.02. The van der Waals surface area contributed by atoms with Crippen molar-refractivity contribution in [2.75, 3.05) is 16.8 Å². The zero-order valence-electron chi connectivity index (χ0n) is 8.29. The fourth-order valence-electron chi connectivity index (χ4n) is 1.66. The van der Waals surface area contributed by atoms with Gasteiger partial charge < -0.3 is 0 Å². The van der Waals surface area contributed by atoms with E-state index in [1.807, 2.05) is 0 Å². The van der Waals surface area contributed by atoms with Crippen LogP contribution in [0.25, 0.3) is 0 Å². The summed E-state index contributed by atoms with van der Waals surface area (Å²) in [4.78, 5) is 17.6. The molecule has 0 bridgehead atoms. The van der Waals surface area contributed by atoms with Crippen molar-refractivity contribution in [3.63, 3.8) is 0 Å². The number of anilines is 1. The predicted molar refractivity (Wildman–Crippen MR) is 71.2 cm³/mol. The van der Waals surface area contributed by atoms with Crippen molar-refractivity contribution < 1.29 is 4.79 Å². The number of alkyl halides is 1. The number of aromatic nitrogens is 1. The van der Waals surface area contributed by atoms with E-state index >= 15 is 0 Å². The Hall–Kier alpha value is -0.130. The molecule has 1 unspecified atom stereocenters. The van der Waals surface area contributed by atoms with Crippen molar-refractivity contribution in [1.82, 2.24) is 4.98 Å². The van der Waals surface area contributed by atoms with Crippen molar-refractivity contribution >= 4 is 55.2 Å². The maximum absolute atomic E-state index is 11.8. The first kappa shape index (κ1) is 12.3. The Bertz CT molecular complexity index is 427. The molecule has 1 aliphatic heterocycles. The van der Waals surface area contributed by atoms with Crippen LogP contribution in [-0.2, 0) is 4.79 Å². The van der Waals surface area contributed by atoms with E-state index in [1.165, 1.54) is 0 Å². The zero-order valence-corrected chi connectivity index (χ0v) is 12.2. The first-order chi connectivity index (χ1) is 7.61. The van der Waals surface area contributed by atoms with Gasteiger partial charge in [0, 0.05) is 30.6 Å². The van der Waals surface area contributed by atoms with Crippen molar-refractivity contribution in [1.29, 1.82) is 0 Å². The van der Waals surface area contributed by atoms with Crippen LogP contribution in [0.2, 0.25) is 5.02 Å². The lowest BCUT2D eigenvalue weighted by Gasteiger charge is -2.15. The highest BCUT2D eigenvalue weighted by atomic mass is 79.9. The van der Waals surface area contributed by atoms with Gasteiger partial charge in [0.15, 0.2) is 0 Å². The Kier molecular flexibility index (Phi) is 3.87. The molecule has 6 heteroatoms. The number of nitrogens with zero attached hydrogens (tertiary/aromatic N) is 2. The molecule has 1 amide bonds. The van der Waals surface area contributed by atoms with Gasteiger partial charge in [-0.2, -0.15) is 0 Å². The van der Waals surface area contributed by atoms with E-state index in [-0.39, 0.29) is 5.91 Å². The van der Waals surface area contributed by atoms with Crippen molar-refractivity contribution in [2.24, 2.45) is 5.92 Å². The average molecular weight is 368 g/mol. The standard InChI is InChI=1S/C10H9Br2ClN2O/c11-3-6-1-10(16)15(5-6)9-2-8(13)7(12)4-14-9/h2,4,6H,1,3,5H2. The normalized spacial score (nSPS) is 20.6. The number of hydrogen-bond acceptors (Lipinski definition) is 2. The van der Waals surface area contributed by atoms with Crippen LogP contribution >= 0.6 is 43.5 Å². The molecule has 1 atom stereocenters. The van der Waals surface area contributed by atoms with E-state index in [0.29, 0.717) is 29.7 Å². The molecule has 0 spiro atoms. The first-order valence-corrected chi connectivity index (χ1v) is 7.08. The van der Waals surface area contributed by atoms with E-state index in [2.05, 4.69) is 36.8 Å². The van der Waals surface area contributed by atoms with E-state index in [0.717, 1.165) is 9.80 Å². The van der Waals surface area contributed by atoms with Gasteiger partial charge in [0.25, 0.3) is 0 Å². The number of halogens is 3. The van der Waals surface area contributed by atoms with E-state index in [4.69, 9.17) is 11.6 Å². The quantitative estimate of drug-likeness (QED) is 0.751. The molecule has 0 N–H and O–H groups in total. The summed E-state index contributed by atoms with van der Waals surface area (Å²) in [6.45, 7) is 0.703. The van der Waals surface area contributed by atoms with Gasteiger partial charge in [-0.15, -0.1) is 0 Å². The predicted octanol–water partition coefficient (Wildman–Crippen LogP) is 3.25. The minimum absolute atomic E-state index is 0.107. The van der Waals surface area contributed by atoms with Gasteiger partial charge in [-0.1, -0.05) is 27.5 Å². The van der Waals surface area contributed by atoms with Gasteiger partial charge >= 0.3 is 0 Å². The smallest absolute Gasteiger partial charge is 0.228 e. The molecule has 0 aromatic carbocycles. The highest BCUT2D eigenvalue weighted by Gasteiger charge is 2.30. The molecule has 2 heterocycles. The maximum Gasteiger partial charge on any atom is 0.228 e. The highest BCUT2D eigenvalue weighted by Crippen LogP contribution is 2.29. The molecule has 0 radical (unpaired) electrons. The second-order valence-corrected chi connectivity index (χ2v) is 5.59. The lowest BCUT2D eigenvalue weighted by molar-refractivity contribution is -0.117. The van der Waals surface area contributed by atoms with E-state index in [9.17, 15) is 4.79 Å². The summed E-state index contributed by atoms with van der Waals surface area (Å²) in [5, 5.41) is 1.40. The summed E-state index contributed by atoms with van der Waals surface area (Å²) in [5.74, 6) is 1.09. The number of rotatable bonds is 2. The van der Waals surface area contributed by atoms with Crippen LogP contribution in [0.1, 0.15) is 6.42 Å². The number of carbonyl (C=O) groups is 1. The third kappa shape index (κ3) is 2.41. The summed E-state index contributed by atoms with van der Waals surface area (Å²) in [6, 6.07) is 1.71. The summed E-state index contributed by atoms with van der Waals surface area (Å²) in [5.41, 5.74) is 0. The van der Waals surface area contributed by atoms with Crippen LogP contribution in [0.3, 0.4) is 0 Å². The molecule has 1 aromatic rings. The molecule has 3 nitrogen and oxygen atoms in total. The van der Waals surface area contributed by atoms with Crippen molar-refractivity contribution in [3.8, 4) is 0 Å². The fraction of sp³-hybridized carbons (Fsp3) is 0.400. The van der Waals surface area contributed by atoms with Gasteiger partial charge in [0.2, 0.25) is 5.91 Å². The summed E-state index contributed by atoms with van der Waals surface area (Å²) in [6.07, 6.45) is 2.19. The van der Waals surface area contributed by atoms with Gasteiger partial charge in [-0.05, 0) is 21.8 Å². The number of carbonyl (C=O) groups excluding carboxylic acids is 1. The van der Waals surface area contributed by atoms with Gasteiger partial charge in [-0.25, -0.2) is 4.98 Å². The maximum atomic E-state index is 11.8. The molecule has 0 saturated carbocycles. The zero-order chi connectivity index (χ0) is 11.7. The Morgan fingerprint density at radius 1 is 1.62 bits per heavy atom. The molecule has 86 valence electrons. The second-order valence-electron chi connectivity index (χ2n) is 3.69. The van der Waals surface area contributed by atoms with Crippen molar-refractivity contribution in [2.45, 2.75) is 6.42 Å². The van der Waals surface area contributed by atoms with E-state index < -0.39 is 0 Å². The fourth-order valence-corrected chi connectivity index (χ4v) is 2.45. The minimum atomic E-state index is 0.107. The van der Waals surface area contributed by atoms with Crippen LogP contribution in [0.4, 0.5) is 5.82 Å². The summed E-state index contributed by atoms with van der Waals surface area (Å²) in [7, 11) is 0. The van der Waals surface area contributed by atoms with Gasteiger partial charge in [0.05, 0.1) is 9.50 Å². The lowest BCUT2D eigenvalue weighted by atomic mass is 10.2. The molecule has 1 fully saturated rings. The molecule has 0 aliphatic carbocycles. The largest absolute Gasteiger partial charge is 0.296 e. The molecule has 1 saturated heterocycles. The Balaban J connectivity index is 2.24. The highest BCUT2D eigenvalue weighted by molar-refractivity contribution is 9.10. The average Bonchev–Trinajstić information content (AvgIpc) is 2.64. The number of pyridine rings is 1. The summed E-state index contributed by atoms with van der Waals surface area (Å²) >= 11 is 12.6. The molecular weight excluding hydrogens is 359 g/mol. The van der Waals surface area contributed by atoms with E-state index in [1.54, 1.807) is 17.2 Å². The van der Waals surface area contributed by atoms with Gasteiger partial charge in [-0.3, -0.25) is 9.69 Å². The monoisotopic (exact) mass is 366 g/mol. The summed E-state index contributed by atoms with van der Waals surface area (Å²) < 4.78 is 0.738. The third-order valence-corrected chi connectivity index (χ3v) is 4.58. The Morgan fingerprint density at radius 3 is 2.94 bits per heavy atom. The third-order valence-electron chi connectivity index (χ3n) is 2.49. The van der Waals surface area contributed by atoms with Crippen LogP contribution < -0.4 is 4.90 Å². The lowest BCUT2D eigenvalue weighted by Crippen LogP contribution is -2.25. The molecule has 1 aliphatic rings. The number of amides is 1. The minimum Gasteiger partial charge on any atom is -0.296 e. The Morgan fingerprint density at radius 2 is 2.38 bits per heavy atom.